The third-order valence-electron chi connectivity index (χ3n) is 6.58. The zero-order valence-corrected chi connectivity index (χ0v) is 24.8. The van der Waals surface area contributed by atoms with Gasteiger partial charge in [0.15, 0.2) is 8.32 Å². The normalized spacial score (nSPS) is 13.9. The fraction of sp³-hybridized carbons (Fsp3) is 0.533. The van der Waals surface area contributed by atoms with Gasteiger partial charge < -0.3 is 19.2 Å². The molecule has 1 N–H and O–H groups in total. The molecule has 0 aliphatic carbocycles. The van der Waals surface area contributed by atoms with Crippen LogP contribution >= 0.6 is 0 Å². The minimum absolute atomic E-state index is 0.0394. The summed E-state index contributed by atoms with van der Waals surface area (Å²) < 4.78 is 17.9. The summed E-state index contributed by atoms with van der Waals surface area (Å²) in [5.41, 5.74) is 1.39. The minimum atomic E-state index is -2.23. The fourth-order valence-corrected chi connectivity index (χ4v) is 4.96. The maximum Gasteiger partial charge on any atom is 0.407 e. The molecule has 0 bridgehead atoms. The standard InChI is InChI=1S/C30H45NO5Si/c1-29(2,3)35-28(33)31-25(21-23-15-11-9-12-16-23)26(36-37(7,8)30(4,5)6)19-20-27(32)34-22-24-17-13-10-14-18-24/h9-18,25-26H,19-22H2,1-8H3,(H,31,33)/t25-,26-/m0/s1. The van der Waals surface area contributed by atoms with Crippen LogP contribution in [0, 0.1) is 0 Å². The van der Waals surface area contributed by atoms with Crippen molar-refractivity contribution < 1.29 is 23.5 Å². The minimum Gasteiger partial charge on any atom is -0.461 e. The first-order chi connectivity index (χ1) is 17.2. The Morgan fingerprint density at radius 1 is 0.865 bits per heavy atom. The SMILES string of the molecule is CC(C)(C)OC(=O)N[C@@H](Cc1ccccc1)[C@H](CCC(=O)OCc1ccccc1)O[Si](C)(C)C(C)(C)C. The van der Waals surface area contributed by atoms with Gasteiger partial charge in [0, 0.05) is 6.42 Å². The second-order valence-corrected chi connectivity index (χ2v) is 16.8. The summed E-state index contributed by atoms with van der Waals surface area (Å²) in [4.78, 5) is 25.6. The number of rotatable bonds is 11. The van der Waals surface area contributed by atoms with Crippen LogP contribution in [0.4, 0.5) is 4.79 Å². The average molecular weight is 528 g/mol. The zero-order valence-electron chi connectivity index (χ0n) is 23.8. The van der Waals surface area contributed by atoms with Crippen molar-refractivity contribution in [2.24, 2.45) is 0 Å². The smallest absolute Gasteiger partial charge is 0.407 e. The van der Waals surface area contributed by atoms with Crippen LogP contribution in [0.5, 0.6) is 0 Å². The maximum absolute atomic E-state index is 12.9. The van der Waals surface area contributed by atoms with Crippen molar-refractivity contribution >= 4 is 20.4 Å². The Bertz CT molecular complexity index is 981. The largest absolute Gasteiger partial charge is 0.461 e. The van der Waals surface area contributed by atoms with Crippen LogP contribution in [0.1, 0.15) is 65.5 Å². The third-order valence-corrected chi connectivity index (χ3v) is 11.1. The number of carbonyl (C=O) groups excluding carboxylic acids is 2. The van der Waals surface area contributed by atoms with E-state index in [1.165, 1.54) is 0 Å². The van der Waals surface area contributed by atoms with E-state index >= 15 is 0 Å². The highest BCUT2D eigenvalue weighted by atomic mass is 28.4. The molecule has 0 unspecified atom stereocenters. The van der Waals surface area contributed by atoms with Crippen LogP contribution in [0.25, 0.3) is 0 Å². The molecule has 0 radical (unpaired) electrons. The van der Waals surface area contributed by atoms with Gasteiger partial charge in [0.1, 0.15) is 12.2 Å². The molecule has 2 rings (SSSR count). The molecular weight excluding hydrogens is 482 g/mol. The Morgan fingerprint density at radius 2 is 1.41 bits per heavy atom. The van der Waals surface area contributed by atoms with Crippen LogP contribution in [-0.4, -0.2) is 38.1 Å². The molecule has 0 spiro atoms. The van der Waals surface area contributed by atoms with E-state index in [1.54, 1.807) is 0 Å². The van der Waals surface area contributed by atoms with Gasteiger partial charge in [0.25, 0.3) is 0 Å². The van der Waals surface area contributed by atoms with Crippen molar-refractivity contribution in [3.63, 3.8) is 0 Å². The first-order valence-corrected chi connectivity index (χ1v) is 16.0. The van der Waals surface area contributed by atoms with Crippen LogP contribution < -0.4 is 5.32 Å². The van der Waals surface area contributed by atoms with Crippen molar-refractivity contribution in [3.8, 4) is 0 Å². The highest BCUT2D eigenvalue weighted by Gasteiger charge is 2.41. The molecule has 2 aromatic carbocycles. The molecule has 1 amide bonds. The molecule has 6 nitrogen and oxygen atoms in total. The molecule has 0 saturated heterocycles. The number of hydrogen-bond acceptors (Lipinski definition) is 5. The third kappa shape index (κ3) is 11.1. The lowest BCUT2D eigenvalue weighted by Gasteiger charge is -2.41. The lowest BCUT2D eigenvalue weighted by molar-refractivity contribution is -0.145. The van der Waals surface area contributed by atoms with E-state index < -0.39 is 26.1 Å². The molecule has 0 aliphatic heterocycles. The molecular formula is C30H45NO5Si. The van der Waals surface area contributed by atoms with Crippen LogP contribution in [-0.2, 0) is 31.7 Å². The molecule has 2 atom stereocenters. The number of hydrogen-bond donors (Lipinski definition) is 1. The van der Waals surface area contributed by atoms with E-state index in [9.17, 15) is 9.59 Å². The van der Waals surface area contributed by atoms with Gasteiger partial charge in [0.05, 0.1) is 12.1 Å². The summed E-state index contributed by atoms with van der Waals surface area (Å²) in [6.45, 7) is 16.6. The number of benzene rings is 2. The van der Waals surface area contributed by atoms with Crippen LogP contribution in [0.15, 0.2) is 60.7 Å². The molecule has 204 valence electrons. The summed E-state index contributed by atoms with van der Waals surface area (Å²) in [5, 5.41) is 3.02. The summed E-state index contributed by atoms with van der Waals surface area (Å²) >= 11 is 0. The first-order valence-electron chi connectivity index (χ1n) is 13.1. The lowest BCUT2D eigenvalue weighted by Crippen LogP contribution is -2.53. The molecule has 0 fully saturated rings. The molecule has 7 heteroatoms. The van der Waals surface area contributed by atoms with Crippen molar-refractivity contribution in [2.75, 3.05) is 0 Å². The molecule has 2 aromatic rings. The summed E-state index contributed by atoms with van der Waals surface area (Å²) in [6, 6.07) is 19.2. The number of ether oxygens (including phenoxy) is 2. The van der Waals surface area contributed by atoms with Gasteiger partial charge in [-0.1, -0.05) is 81.4 Å². The second-order valence-electron chi connectivity index (χ2n) is 12.0. The van der Waals surface area contributed by atoms with Gasteiger partial charge in [0.2, 0.25) is 0 Å². The monoisotopic (exact) mass is 527 g/mol. The van der Waals surface area contributed by atoms with E-state index in [0.29, 0.717) is 12.8 Å². The van der Waals surface area contributed by atoms with Gasteiger partial charge >= 0.3 is 12.1 Å². The quantitative estimate of drug-likeness (QED) is 0.251. The van der Waals surface area contributed by atoms with Gasteiger partial charge in [-0.2, -0.15) is 0 Å². The van der Waals surface area contributed by atoms with Crippen molar-refractivity contribution in [3.05, 3.63) is 71.8 Å². The Labute approximate surface area is 224 Å². The Morgan fingerprint density at radius 3 is 1.92 bits per heavy atom. The lowest BCUT2D eigenvalue weighted by atomic mass is 9.98. The van der Waals surface area contributed by atoms with Gasteiger partial charge in [-0.25, -0.2) is 4.79 Å². The van der Waals surface area contributed by atoms with Crippen LogP contribution in [0.3, 0.4) is 0 Å². The highest BCUT2D eigenvalue weighted by Crippen LogP contribution is 2.38. The number of carbonyl (C=O) groups is 2. The number of alkyl carbamates (subject to hydrolysis) is 1. The van der Waals surface area contributed by atoms with Crippen molar-refractivity contribution in [1.82, 2.24) is 5.32 Å². The second kappa shape index (κ2) is 13.2. The predicted molar refractivity (Wildman–Crippen MR) is 151 cm³/mol. The molecule has 0 heterocycles. The van der Waals surface area contributed by atoms with E-state index in [-0.39, 0.29) is 30.1 Å². The van der Waals surface area contributed by atoms with Crippen molar-refractivity contribution in [1.29, 1.82) is 0 Å². The van der Waals surface area contributed by atoms with Gasteiger partial charge in [-0.05, 0) is 62.9 Å². The number of esters is 1. The Kier molecular flexibility index (Phi) is 10.9. The molecule has 0 aliphatic rings. The summed E-state index contributed by atoms with van der Waals surface area (Å²) in [5.74, 6) is -0.289. The van der Waals surface area contributed by atoms with E-state index in [1.807, 2.05) is 81.4 Å². The molecule has 0 saturated carbocycles. The van der Waals surface area contributed by atoms with E-state index in [0.717, 1.165) is 11.1 Å². The zero-order chi connectivity index (χ0) is 27.7. The van der Waals surface area contributed by atoms with E-state index in [4.69, 9.17) is 13.9 Å². The predicted octanol–water partition coefficient (Wildman–Crippen LogP) is 7.04. The highest BCUT2D eigenvalue weighted by molar-refractivity contribution is 6.74. The number of amides is 1. The first kappa shape index (κ1) is 30.6. The topological polar surface area (TPSA) is 73.9 Å². The molecule has 37 heavy (non-hydrogen) atoms. The summed E-state index contributed by atoms with van der Waals surface area (Å²) in [7, 11) is -2.23. The fourth-order valence-electron chi connectivity index (χ4n) is 3.57. The average Bonchev–Trinajstić information content (AvgIpc) is 2.79. The summed E-state index contributed by atoms with van der Waals surface area (Å²) in [6.07, 6.45) is 0.279. The van der Waals surface area contributed by atoms with Gasteiger partial charge in [-0.3, -0.25) is 4.79 Å². The van der Waals surface area contributed by atoms with Crippen molar-refractivity contribution in [2.45, 2.75) is 103 Å². The van der Waals surface area contributed by atoms with E-state index in [2.05, 4.69) is 39.2 Å². The maximum atomic E-state index is 12.9. The van der Waals surface area contributed by atoms with Gasteiger partial charge in [-0.15, -0.1) is 0 Å². The molecule has 0 aromatic heterocycles. The van der Waals surface area contributed by atoms with Crippen LogP contribution in [0.2, 0.25) is 18.1 Å². The Balaban J connectivity index is 2.24. The number of nitrogens with one attached hydrogen (secondary N) is 1. The Hall–Kier alpha value is -2.64.